The molecule has 1 aliphatic carbocycles. The van der Waals surface area contributed by atoms with Gasteiger partial charge in [0.05, 0.1) is 0 Å². The van der Waals surface area contributed by atoms with Gasteiger partial charge in [0.15, 0.2) is 0 Å². The number of nitrogens with zero attached hydrogens (tertiary/aromatic N) is 1. The maximum Gasteiger partial charge on any atom is 0.223 e. The van der Waals surface area contributed by atoms with E-state index in [1.54, 1.807) is 6.08 Å². The quantitative estimate of drug-likeness (QED) is 0.757. The molecule has 0 atom stereocenters. The Kier molecular flexibility index (Phi) is 5.62. The van der Waals surface area contributed by atoms with Crippen LogP contribution in [0.5, 0.6) is 0 Å². The number of nitrogens with one attached hydrogen (secondary N) is 1. The highest BCUT2D eigenvalue weighted by Gasteiger charge is 2.27. The lowest BCUT2D eigenvalue weighted by Crippen LogP contribution is -2.43. The van der Waals surface area contributed by atoms with Crippen LogP contribution in [0.3, 0.4) is 0 Å². The fraction of sp³-hybridized carbons (Fsp3) is 0.750. The lowest BCUT2D eigenvalue weighted by atomic mass is 9.84. The number of allylic oxidation sites excluding steroid dienone is 1. The van der Waals surface area contributed by atoms with Gasteiger partial charge >= 0.3 is 0 Å². The zero-order chi connectivity index (χ0) is 14.4. The molecule has 0 spiro atoms. The van der Waals surface area contributed by atoms with Crippen LogP contribution in [0.1, 0.15) is 44.9 Å². The van der Waals surface area contributed by atoms with Crippen molar-refractivity contribution in [1.29, 1.82) is 0 Å². The molecule has 4 nitrogen and oxygen atoms in total. The number of likely N-dealkylation sites (tertiary alicyclic amines) is 1. The molecule has 112 valence electrons. The number of carbonyl (C=O) groups is 2. The van der Waals surface area contributed by atoms with E-state index in [4.69, 9.17) is 0 Å². The SMILES string of the molecule is C=CCCC(=O)N1CCC(CNC(=O)C2CCC2)CC1. The summed E-state index contributed by atoms with van der Waals surface area (Å²) >= 11 is 0. The minimum atomic E-state index is 0.237. The van der Waals surface area contributed by atoms with Gasteiger partial charge in [0.25, 0.3) is 0 Å². The fourth-order valence-corrected chi connectivity index (χ4v) is 2.83. The molecule has 1 heterocycles. The molecule has 4 heteroatoms. The summed E-state index contributed by atoms with van der Waals surface area (Å²) in [5, 5.41) is 3.08. The number of carbonyl (C=O) groups excluding carboxylic acids is 2. The Labute approximate surface area is 121 Å². The Hall–Kier alpha value is -1.32. The molecule has 1 saturated heterocycles. The second-order valence-corrected chi connectivity index (χ2v) is 6.02. The van der Waals surface area contributed by atoms with E-state index in [-0.39, 0.29) is 17.7 Å². The maximum absolute atomic E-state index is 11.9. The summed E-state index contributed by atoms with van der Waals surface area (Å²) in [5.41, 5.74) is 0. The Bertz CT molecular complexity index is 355. The molecule has 0 aromatic heterocycles. The second kappa shape index (κ2) is 7.46. The molecule has 1 saturated carbocycles. The van der Waals surface area contributed by atoms with Gasteiger partial charge in [0.1, 0.15) is 0 Å². The molecule has 0 unspecified atom stereocenters. The summed E-state index contributed by atoms with van der Waals surface area (Å²) in [7, 11) is 0. The molecule has 2 rings (SSSR count). The number of rotatable bonds is 6. The second-order valence-electron chi connectivity index (χ2n) is 6.02. The Morgan fingerprint density at radius 3 is 2.45 bits per heavy atom. The number of hydrogen-bond acceptors (Lipinski definition) is 2. The van der Waals surface area contributed by atoms with Crippen LogP contribution in [-0.2, 0) is 9.59 Å². The van der Waals surface area contributed by atoms with Gasteiger partial charge in [-0.3, -0.25) is 9.59 Å². The third-order valence-electron chi connectivity index (χ3n) is 4.57. The smallest absolute Gasteiger partial charge is 0.223 e. The van der Waals surface area contributed by atoms with E-state index in [1.807, 2.05) is 4.90 Å². The first kappa shape index (κ1) is 15.1. The van der Waals surface area contributed by atoms with Gasteiger partial charge < -0.3 is 10.2 Å². The van der Waals surface area contributed by atoms with Gasteiger partial charge in [-0.25, -0.2) is 0 Å². The molecule has 2 aliphatic rings. The Morgan fingerprint density at radius 2 is 1.90 bits per heavy atom. The zero-order valence-electron chi connectivity index (χ0n) is 12.3. The van der Waals surface area contributed by atoms with E-state index in [2.05, 4.69) is 11.9 Å². The van der Waals surface area contributed by atoms with Crippen molar-refractivity contribution >= 4 is 11.8 Å². The van der Waals surface area contributed by atoms with Crippen molar-refractivity contribution in [2.75, 3.05) is 19.6 Å². The Balaban J connectivity index is 1.62. The first-order chi connectivity index (χ1) is 9.70. The molecule has 20 heavy (non-hydrogen) atoms. The number of hydrogen-bond donors (Lipinski definition) is 1. The standard InChI is InChI=1S/C16H26N2O2/c1-2-3-7-15(19)18-10-8-13(9-11-18)12-17-16(20)14-5-4-6-14/h2,13-14H,1,3-12H2,(H,17,20). The average molecular weight is 278 g/mol. The molecule has 0 aromatic carbocycles. The predicted molar refractivity (Wildman–Crippen MR) is 79.1 cm³/mol. The zero-order valence-corrected chi connectivity index (χ0v) is 12.3. The lowest BCUT2D eigenvalue weighted by molar-refractivity contribution is -0.133. The van der Waals surface area contributed by atoms with Crippen molar-refractivity contribution in [3.05, 3.63) is 12.7 Å². The van der Waals surface area contributed by atoms with Crippen LogP contribution in [0.4, 0.5) is 0 Å². The van der Waals surface area contributed by atoms with E-state index >= 15 is 0 Å². The van der Waals surface area contributed by atoms with E-state index in [0.717, 1.165) is 51.7 Å². The summed E-state index contributed by atoms with van der Waals surface area (Å²) in [6, 6.07) is 0. The van der Waals surface area contributed by atoms with Crippen LogP contribution in [0, 0.1) is 11.8 Å². The Morgan fingerprint density at radius 1 is 1.20 bits per heavy atom. The molecule has 2 amide bonds. The normalized spacial score (nSPS) is 20.3. The van der Waals surface area contributed by atoms with Crippen molar-refractivity contribution in [1.82, 2.24) is 10.2 Å². The molecule has 0 radical (unpaired) electrons. The lowest BCUT2D eigenvalue weighted by Gasteiger charge is -2.33. The fourth-order valence-electron chi connectivity index (χ4n) is 2.83. The highest BCUT2D eigenvalue weighted by atomic mass is 16.2. The largest absolute Gasteiger partial charge is 0.356 e. The topological polar surface area (TPSA) is 49.4 Å². The molecule has 1 N–H and O–H groups in total. The van der Waals surface area contributed by atoms with Crippen LogP contribution >= 0.6 is 0 Å². The third kappa shape index (κ3) is 4.09. The average Bonchev–Trinajstić information content (AvgIpc) is 2.41. The monoisotopic (exact) mass is 278 g/mol. The van der Waals surface area contributed by atoms with E-state index < -0.39 is 0 Å². The van der Waals surface area contributed by atoms with Gasteiger partial charge in [-0.1, -0.05) is 12.5 Å². The molecule has 1 aliphatic heterocycles. The number of piperidine rings is 1. The van der Waals surface area contributed by atoms with Crippen LogP contribution in [0.2, 0.25) is 0 Å². The van der Waals surface area contributed by atoms with Crippen molar-refractivity contribution < 1.29 is 9.59 Å². The first-order valence-electron chi connectivity index (χ1n) is 7.87. The van der Waals surface area contributed by atoms with E-state index in [0.29, 0.717) is 12.3 Å². The highest BCUT2D eigenvalue weighted by molar-refractivity contribution is 5.79. The summed E-state index contributed by atoms with van der Waals surface area (Å²) in [4.78, 5) is 25.6. The summed E-state index contributed by atoms with van der Waals surface area (Å²) < 4.78 is 0. The molecular formula is C16H26N2O2. The summed E-state index contributed by atoms with van der Waals surface area (Å²) in [6.45, 7) is 6.09. The first-order valence-corrected chi connectivity index (χ1v) is 7.87. The number of amides is 2. The predicted octanol–water partition coefficient (Wildman–Crippen LogP) is 2.11. The van der Waals surface area contributed by atoms with E-state index in [9.17, 15) is 9.59 Å². The van der Waals surface area contributed by atoms with Gasteiger partial charge in [-0.15, -0.1) is 6.58 Å². The summed E-state index contributed by atoms with van der Waals surface area (Å²) in [6.07, 6.45) is 8.45. The van der Waals surface area contributed by atoms with Gasteiger partial charge in [-0.05, 0) is 38.0 Å². The van der Waals surface area contributed by atoms with Crippen molar-refractivity contribution in [3.8, 4) is 0 Å². The molecular weight excluding hydrogens is 252 g/mol. The summed E-state index contributed by atoms with van der Waals surface area (Å²) in [5.74, 6) is 1.28. The van der Waals surface area contributed by atoms with Crippen molar-refractivity contribution in [2.45, 2.75) is 44.9 Å². The van der Waals surface area contributed by atoms with Crippen LogP contribution in [0.25, 0.3) is 0 Å². The third-order valence-corrected chi connectivity index (χ3v) is 4.57. The maximum atomic E-state index is 11.9. The molecule has 2 fully saturated rings. The minimum absolute atomic E-state index is 0.237. The van der Waals surface area contributed by atoms with Gasteiger partial charge in [0.2, 0.25) is 11.8 Å². The molecule has 0 bridgehead atoms. The van der Waals surface area contributed by atoms with Gasteiger partial charge in [0, 0.05) is 32.0 Å². The molecule has 0 aromatic rings. The van der Waals surface area contributed by atoms with Crippen LogP contribution < -0.4 is 5.32 Å². The van der Waals surface area contributed by atoms with Crippen molar-refractivity contribution in [2.24, 2.45) is 11.8 Å². The van der Waals surface area contributed by atoms with Crippen LogP contribution in [0.15, 0.2) is 12.7 Å². The van der Waals surface area contributed by atoms with Gasteiger partial charge in [-0.2, -0.15) is 0 Å². The van der Waals surface area contributed by atoms with Crippen LogP contribution in [-0.4, -0.2) is 36.3 Å². The minimum Gasteiger partial charge on any atom is -0.356 e. The van der Waals surface area contributed by atoms with E-state index in [1.165, 1.54) is 6.42 Å². The highest BCUT2D eigenvalue weighted by Crippen LogP contribution is 2.26. The van der Waals surface area contributed by atoms with Crippen molar-refractivity contribution in [3.63, 3.8) is 0 Å².